The van der Waals surface area contributed by atoms with Gasteiger partial charge in [-0.3, -0.25) is 0 Å². The number of hydrogen-bond acceptors (Lipinski definition) is 2. The molecule has 0 saturated carbocycles. The maximum Gasteiger partial charge on any atom is 0.330 e. The van der Waals surface area contributed by atoms with Crippen LogP contribution in [0.3, 0.4) is 0 Å². The number of aliphatic hydroxyl groups is 1. The first-order chi connectivity index (χ1) is 8.42. The zero-order valence-electron chi connectivity index (χ0n) is 9.53. The molecule has 0 aromatic heterocycles. The predicted molar refractivity (Wildman–Crippen MR) is 57.9 cm³/mol. The quantitative estimate of drug-likeness (QED) is 0.768. The molecule has 1 aromatic rings. The zero-order valence-corrected chi connectivity index (χ0v) is 9.53. The van der Waals surface area contributed by atoms with Crippen molar-refractivity contribution in [2.45, 2.75) is 24.9 Å². The van der Waals surface area contributed by atoms with Crippen LogP contribution in [0.1, 0.15) is 5.56 Å². The lowest BCUT2D eigenvalue weighted by Gasteiger charge is -2.17. The van der Waals surface area contributed by atoms with E-state index in [4.69, 9.17) is 0 Å². The second-order valence-corrected chi connectivity index (χ2v) is 3.92. The number of ether oxygens (including phenoxy) is 1. The van der Waals surface area contributed by atoms with Gasteiger partial charge in [-0.05, 0) is 5.56 Å². The standard InChI is InChI=1S/C12H14F4O2/c13-11(14)12(15,16)8-18-7-10(17)6-9-4-2-1-3-5-9/h1-5,10-11,17H,6-8H2. The summed E-state index contributed by atoms with van der Waals surface area (Å²) in [6, 6.07) is 8.87. The molecule has 0 spiro atoms. The van der Waals surface area contributed by atoms with Gasteiger partial charge in [0.2, 0.25) is 0 Å². The summed E-state index contributed by atoms with van der Waals surface area (Å²) in [5, 5.41) is 9.48. The summed E-state index contributed by atoms with van der Waals surface area (Å²) in [5.74, 6) is -4.17. The number of alkyl halides is 4. The number of halogens is 4. The lowest BCUT2D eigenvalue weighted by atomic mass is 10.1. The molecule has 0 saturated heterocycles. The van der Waals surface area contributed by atoms with Gasteiger partial charge in [0.1, 0.15) is 6.61 Å². The molecule has 1 N–H and O–H groups in total. The van der Waals surface area contributed by atoms with Gasteiger partial charge in [0, 0.05) is 6.42 Å². The Kier molecular flexibility index (Phi) is 5.55. The van der Waals surface area contributed by atoms with E-state index >= 15 is 0 Å². The maximum absolute atomic E-state index is 12.5. The largest absolute Gasteiger partial charge is 0.390 e. The van der Waals surface area contributed by atoms with E-state index in [1.807, 2.05) is 0 Å². The summed E-state index contributed by atoms with van der Waals surface area (Å²) in [5.41, 5.74) is 0.814. The highest BCUT2D eigenvalue weighted by molar-refractivity contribution is 5.15. The summed E-state index contributed by atoms with van der Waals surface area (Å²) in [4.78, 5) is 0. The summed E-state index contributed by atoms with van der Waals surface area (Å²) < 4.78 is 52.9. The van der Waals surface area contributed by atoms with Crippen molar-refractivity contribution < 1.29 is 27.4 Å². The average molecular weight is 266 g/mol. The summed E-state index contributed by atoms with van der Waals surface area (Å²) in [6.45, 7) is -1.80. The Morgan fingerprint density at radius 3 is 2.33 bits per heavy atom. The second kappa shape index (κ2) is 6.70. The minimum atomic E-state index is -4.17. The maximum atomic E-state index is 12.5. The Morgan fingerprint density at radius 1 is 1.17 bits per heavy atom. The molecule has 0 heterocycles. The van der Waals surface area contributed by atoms with Gasteiger partial charge in [-0.25, -0.2) is 8.78 Å². The van der Waals surface area contributed by atoms with Crippen molar-refractivity contribution in [1.82, 2.24) is 0 Å². The molecular formula is C12H14F4O2. The van der Waals surface area contributed by atoms with Crippen LogP contribution in [0.15, 0.2) is 30.3 Å². The summed E-state index contributed by atoms with van der Waals surface area (Å²) in [6.07, 6.45) is -4.54. The van der Waals surface area contributed by atoms with Gasteiger partial charge in [0.15, 0.2) is 0 Å². The average Bonchev–Trinajstić information content (AvgIpc) is 2.29. The lowest BCUT2D eigenvalue weighted by molar-refractivity contribution is -0.170. The van der Waals surface area contributed by atoms with E-state index in [1.54, 1.807) is 30.3 Å². The molecule has 0 radical (unpaired) electrons. The van der Waals surface area contributed by atoms with Crippen LogP contribution in [0.25, 0.3) is 0 Å². The van der Waals surface area contributed by atoms with Gasteiger partial charge in [0.25, 0.3) is 0 Å². The fourth-order valence-corrected chi connectivity index (χ4v) is 1.34. The van der Waals surface area contributed by atoms with Gasteiger partial charge in [0.05, 0.1) is 12.7 Å². The van der Waals surface area contributed by atoms with Crippen LogP contribution >= 0.6 is 0 Å². The first kappa shape index (κ1) is 14.9. The third-order valence-corrected chi connectivity index (χ3v) is 2.24. The van der Waals surface area contributed by atoms with E-state index in [0.29, 0.717) is 0 Å². The van der Waals surface area contributed by atoms with E-state index in [-0.39, 0.29) is 6.42 Å². The number of hydrogen-bond donors (Lipinski definition) is 1. The summed E-state index contributed by atoms with van der Waals surface area (Å²) in [7, 11) is 0. The topological polar surface area (TPSA) is 29.5 Å². The van der Waals surface area contributed by atoms with Crippen LogP contribution in [0.4, 0.5) is 17.6 Å². The Labute approximate surface area is 102 Å². The minimum Gasteiger partial charge on any atom is -0.390 e. The van der Waals surface area contributed by atoms with Gasteiger partial charge in [-0.2, -0.15) is 8.78 Å². The fraction of sp³-hybridized carbons (Fsp3) is 0.500. The van der Waals surface area contributed by atoms with Gasteiger partial charge >= 0.3 is 12.3 Å². The van der Waals surface area contributed by atoms with Crippen molar-refractivity contribution in [3.05, 3.63) is 35.9 Å². The number of rotatable bonds is 7. The van der Waals surface area contributed by atoms with E-state index < -0.39 is 31.7 Å². The molecule has 0 aliphatic carbocycles. The van der Waals surface area contributed by atoms with Gasteiger partial charge < -0.3 is 9.84 Å². The van der Waals surface area contributed by atoms with Crippen LogP contribution in [-0.4, -0.2) is 36.8 Å². The Morgan fingerprint density at radius 2 is 1.78 bits per heavy atom. The van der Waals surface area contributed by atoms with Crippen LogP contribution in [0.5, 0.6) is 0 Å². The van der Waals surface area contributed by atoms with Crippen LogP contribution < -0.4 is 0 Å². The molecule has 6 heteroatoms. The first-order valence-corrected chi connectivity index (χ1v) is 5.37. The Hall–Kier alpha value is -1.14. The molecule has 0 aliphatic heterocycles. The van der Waals surface area contributed by atoms with Crippen LogP contribution in [-0.2, 0) is 11.2 Å². The fourth-order valence-electron chi connectivity index (χ4n) is 1.34. The van der Waals surface area contributed by atoms with E-state index in [2.05, 4.69) is 4.74 Å². The van der Waals surface area contributed by atoms with Crippen molar-refractivity contribution >= 4 is 0 Å². The van der Waals surface area contributed by atoms with Crippen molar-refractivity contribution in [3.8, 4) is 0 Å². The normalized spacial score (nSPS) is 13.9. The molecule has 102 valence electrons. The minimum absolute atomic E-state index is 0.223. The molecular weight excluding hydrogens is 252 g/mol. The van der Waals surface area contributed by atoms with Crippen molar-refractivity contribution in [2.75, 3.05) is 13.2 Å². The molecule has 0 aliphatic rings. The first-order valence-electron chi connectivity index (χ1n) is 5.37. The highest BCUT2D eigenvalue weighted by atomic mass is 19.3. The molecule has 0 bridgehead atoms. The van der Waals surface area contributed by atoms with Crippen molar-refractivity contribution in [1.29, 1.82) is 0 Å². The van der Waals surface area contributed by atoms with Crippen molar-refractivity contribution in [3.63, 3.8) is 0 Å². The molecule has 2 nitrogen and oxygen atoms in total. The predicted octanol–water partition coefficient (Wildman–Crippen LogP) is 2.51. The Bertz CT molecular complexity index is 343. The highest BCUT2D eigenvalue weighted by Crippen LogP contribution is 2.22. The van der Waals surface area contributed by atoms with Crippen LogP contribution in [0.2, 0.25) is 0 Å². The molecule has 1 rings (SSSR count). The second-order valence-electron chi connectivity index (χ2n) is 3.92. The van der Waals surface area contributed by atoms with E-state index in [9.17, 15) is 22.7 Å². The smallest absolute Gasteiger partial charge is 0.330 e. The monoisotopic (exact) mass is 266 g/mol. The number of benzene rings is 1. The zero-order chi connectivity index (χ0) is 13.6. The lowest BCUT2D eigenvalue weighted by Crippen LogP contribution is -2.34. The van der Waals surface area contributed by atoms with Gasteiger partial charge in [-0.1, -0.05) is 30.3 Å². The summed E-state index contributed by atoms with van der Waals surface area (Å²) >= 11 is 0. The molecule has 18 heavy (non-hydrogen) atoms. The van der Waals surface area contributed by atoms with Crippen LogP contribution in [0, 0.1) is 0 Å². The third-order valence-electron chi connectivity index (χ3n) is 2.24. The highest BCUT2D eigenvalue weighted by Gasteiger charge is 2.41. The molecule has 1 atom stereocenters. The number of aliphatic hydroxyl groups excluding tert-OH is 1. The Balaban J connectivity index is 2.28. The SMILES string of the molecule is OC(COCC(F)(F)C(F)F)Cc1ccccc1. The third kappa shape index (κ3) is 5.01. The molecule has 1 unspecified atom stereocenters. The van der Waals surface area contributed by atoms with E-state index in [0.717, 1.165) is 5.56 Å². The molecule has 1 aromatic carbocycles. The molecule has 0 fully saturated rings. The molecule has 0 amide bonds. The van der Waals surface area contributed by atoms with Gasteiger partial charge in [-0.15, -0.1) is 0 Å². The van der Waals surface area contributed by atoms with Crippen molar-refractivity contribution in [2.24, 2.45) is 0 Å². The van der Waals surface area contributed by atoms with E-state index in [1.165, 1.54) is 0 Å².